The molecular weight excluding hydrogens is 362 g/mol. The van der Waals surface area contributed by atoms with Crippen molar-refractivity contribution in [3.8, 4) is 0 Å². The van der Waals surface area contributed by atoms with Crippen LogP contribution in [0.5, 0.6) is 0 Å². The van der Waals surface area contributed by atoms with Crippen LogP contribution in [0.25, 0.3) is 0 Å². The zero-order valence-electron chi connectivity index (χ0n) is 17.3. The Morgan fingerprint density at radius 2 is 1.76 bits per heavy atom. The number of rotatable bonds is 5. The maximum atomic E-state index is 12.9. The summed E-state index contributed by atoms with van der Waals surface area (Å²) in [5.41, 5.74) is 5.14. The molecule has 4 rings (SSSR count). The summed E-state index contributed by atoms with van der Waals surface area (Å²) in [4.78, 5) is 29.6. The van der Waals surface area contributed by atoms with Crippen molar-refractivity contribution in [2.24, 2.45) is 5.92 Å². The standard InChI is InChI=1S/C24H29N3O2/c1-3-18-8-6-7-17(2)23(18)25-24(29)19-15-22(28)27(16-19)21-11-9-20(10-12-21)26-13-4-5-14-26/h6-12,19H,3-5,13-16H2,1-2H3,(H,25,29). The first-order valence-electron chi connectivity index (χ1n) is 10.6. The van der Waals surface area contributed by atoms with Crippen LogP contribution >= 0.6 is 0 Å². The van der Waals surface area contributed by atoms with E-state index in [9.17, 15) is 9.59 Å². The normalized spacial score (nSPS) is 19.1. The number of aryl methyl sites for hydroxylation is 2. The van der Waals surface area contributed by atoms with Gasteiger partial charge in [-0.3, -0.25) is 9.59 Å². The van der Waals surface area contributed by atoms with Gasteiger partial charge in [-0.15, -0.1) is 0 Å². The predicted molar refractivity (Wildman–Crippen MR) is 118 cm³/mol. The molecule has 2 amide bonds. The molecule has 2 aromatic carbocycles. The van der Waals surface area contributed by atoms with E-state index in [1.54, 1.807) is 4.90 Å². The van der Waals surface area contributed by atoms with E-state index in [4.69, 9.17) is 0 Å². The first kappa shape index (κ1) is 19.5. The zero-order valence-corrected chi connectivity index (χ0v) is 17.3. The topological polar surface area (TPSA) is 52.7 Å². The third kappa shape index (κ3) is 4.00. The average Bonchev–Trinajstić information content (AvgIpc) is 3.39. The highest BCUT2D eigenvalue weighted by atomic mass is 16.2. The van der Waals surface area contributed by atoms with Gasteiger partial charge in [-0.05, 0) is 61.6 Å². The Labute approximate surface area is 172 Å². The van der Waals surface area contributed by atoms with Gasteiger partial charge in [0.15, 0.2) is 0 Å². The second-order valence-electron chi connectivity index (χ2n) is 8.07. The largest absolute Gasteiger partial charge is 0.372 e. The van der Waals surface area contributed by atoms with E-state index in [1.807, 2.05) is 37.3 Å². The number of nitrogens with one attached hydrogen (secondary N) is 1. The number of carbonyl (C=O) groups is 2. The fraction of sp³-hybridized carbons (Fsp3) is 0.417. The molecule has 1 N–H and O–H groups in total. The highest BCUT2D eigenvalue weighted by Gasteiger charge is 2.35. The van der Waals surface area contributed by atoms with E-state index in [0.29, 0.717) is 6.54 Å². The smallest absolute Gasteiger partial charge is 0.229 e. The van der Waals surface area contributed by atoms with E-state index >= 15 is 0 Å². The van der Waals surface area contributed by atoms with Crippen molar-refractivity contribution in [3.05, 3.63) is 53.6 Å². The molecule has 0 bridgehead atoms. The van der Waals surface area contributed by atoms with Crippen LogP contribution in [0.4, 0.5) is 17.1 Å². The Balaban J connectivity index is 1.44. The van der Waals surface area contributed by atoms with Crippen LogP contribution in [0.2, 0.25) is 0 Å². The van der Waals surface area contributed by atoms with Crippen molar-refractivity contribution in [2.45, 2.75) is 39.5 Å². The number of anilines is 3. The summed E-state index contributed by atoms with van der Waals surface area (Å²) < 4.78 is 0. The molecule has 1 atom stereocenters. The Morgan fingerprint density at radius 1 is 1.07 bits per heavy atom. The predicted octanol–water partition coefficient (Wildman–Crippen LogP) is 4.15. The van der Waals surface area contributed by atoms with Crippen molar-refractivity contribution in [1.82, 2.24) is 0 Å². The molecule has 29 heavy (non-hydrogen) atoms. The molecular formula is C24H29N3O2. The lowest BCUT2D eigenvalue weighted by molar-refractivity contribution is -0.122. The molecule has 1 unspecified atom stereocenters. The first-order valence-corrected chi connectivity index (χ1v) is 10.6. The molecule has 0 saturated carbocycles. The molecule has 5 heteroatoms. The second kappa shape index (κ2) is 8.27. The Bertz CT molecular complexity index is 901. The summed E-state index contributed by atoms with van der Waals surface area (Å²) in [7, 11) is 0. The molecule has 0 aliphatic carbocycles. The van der Waals surface area contributed by atoms with Crippen LogP contribution in [-0.2, 0) is 16.0 Å². The number of hydrogen-bond donors (Lipinski definition) is 1. The minimum Gasteiger partial charge on any atom is -0.372 e. The molecule has 2 aliphatic heterocycles. The number of amides is 2. The zero-order chi connectivity index (χ0) is 20.4. The third-order valence-electron chi connectivity index (χ3n) is 6.12. The van der Waals surface area contributed by atoms with Gasteiger partial charge in [0.1, 0.15) is 0 Å². The van der Waals surface area contributed by atoms with Gasteiger partial charge in [-0.25, -0.2) is 0 Å². The number of benzene rings is 2. The van der Waals surface area contributed by atoms with Gasteiger partial charge < -0.3 is 15.1 Å². The van der Waals surface area contributed by atoms with Gasteiger partial charge in [0, 0.05) is 43.1 Å². The van der Waals surface area contributed by atoms with Crippen LogP contribution in [0.15, 0.2) is 42.5 Å². The number of carbonyl (C=O) groups excluding carboxylic acids is 2. The SMILES string of the molecule is CCc1cccc(C)c1NC(=O)C1CC(=O)N(c2ccc(N3CCCC3)cc2)C1. The molecule has 0 aromatic heterocycles. The maximum absolute atomic E-state index is 12.9. The molecule has 2 aliphatic rings. The highest BCUT2D eigenvalue weighted by Crippen LogP contribution is 2.30. The maximum Gasteiger partial charge on any atom is 0.229 e. The van der Waals surface area contributed by atoms with Crippen molar-refractivity contribution < 1.29 is 9.59 Å². The number of nitrogens with zero attached hydrogens (tertiary/aromatic N) is 2. The summed E-state index contributed by atoms with van der Waals surface area (Å²) >= 11 is 0. The van der Waals surface area contributed by atoms with Crippen LogP contribution in [0.1, 0.15) is 37.3 Å². The minimum atomic E-state index is -0.329. The van der Waals surface area contributed by atoms with Crippen LogP contribution in [0.3, 0.4) is 0 Å². The molecule has 5 nitrogen and oxygen atoms in total. The summed E-state index contributed by atoms with van der Waals surface area (Å²) in [5.74, 6) is -0.386. The lowest BCUT2D eigenvalue weighted by atomic mass is 10.0. The summed E-state index contributed by atoms with van der Waals surface area (Å²) in [6.07, 6.45) is 3.59. The number of para-hydroxylation sites is 1. The van der Waals surface area contributed by atoms with E-state index in [2.05, 4.69) is 29.3 Å². The fourth-order valence-corrected chi connectivity index (χ4v) is 4.38. The summed E-state index contributed by atoms with van der Waals surface area (Å²) in [5, 5.41) is 3.09. The summed E-state index contributed by atoms with van der Waals surface area (Å²) in [6.45, 7) is 6.71. The van der Waals surface area contributed by atoms with Gasteiger partial charge >= 0.3 is 0 Å². The van der Waals surface area contributed by atoms with Crippen molar-refractivity contribution in [3.63, 3.8) is 0 Å². The molecule has 0 radical (unpaired) electrons. The van der Waals surface area contributed by atoms with E-state index in [0.717, 1.165) is 42.0 Å². The molecule has 152 valence electrons. The van der Waals surface area contributed by atoms with E-state index in [-0.39, 0.29) is 24.2 Å². The molecule has 2 fully saturated rings. The third-order valence-corrected chi connectivity index (χ3v) is 6.12. The van der Waals surface area contributed by atoms with Crippen molar-refractivity contribution in [2.75, 3.05) is 34.8 Å². The lowest BCUT2D eigenvalue weighted by Crippen LogP contribution is -2.28. The summed E-state index contributed by atoms with van der Waals surface area (Å²) in [6, 6.07) is 14.2. The van der Waals surface area contributed by atoms with Crippen LogP contribution in [0, 0.1) is 12.8 Å². The lowest BCUT2D eigenvalue weighted by Gasteiger charge is -2.21. The Morgan fingerprint density at radius 3 is 2.45 bits per heavy atom. The molecule has 2 heterocycles. The number of hydrogen-bond acceptors (Lipinski definition) is 3. The Hall–Kier alpha value is -2.82. The molecule has 0 spiro atoms. The monoisotopic (exact) mass is 391 g/mol. The van der Waals surface area contributed by atoms with Gasteiger partial charge in [0.2, 0.25) is 11.8 Å². The fourth-order valence-electron chi connectivity index (χ4n) is 4.38. The van der Waals surface area contributed by atoms with E-state index < -0.39 is 0 Å². The highest BCUT2D eigenvalue weighted by molar-refractivity contribution is 6.04. The Kier molecular flexibility index (Phi) is 5.56. The van der Waals surface area contributed by atoms with Gasteiger partial charge in [0.05, 0.1) is 5.92 Å². The van der Waals surface area contributed by atoms with E-state index in [1.165, 1.54) is 18.5 Å². The van der Waals surface area contributed by atoms with Gasteiger partial charge in [-0.1, -0.05) is 25.1 Å². The quantitative estimate of drug-likeness (QED) is 0.833. The van der Waals surface area contributed by atoms with Gasteiger partial charge in [-0.2, -0.15) is 0 Å². The van der Waals surface area contributed by atoms with Gasteiger partial charge in [0.25, 0.3) is 0 Å². The van der Waals surface area contributed by atoms with Crippen LogP contribution in [-0.4, -0.2) is 31.4 Å². The first-order chi connectivity index (χ1) is 14.1. The molecule has 2 aromatic rings. The minimum absolute atomic E-state index is 0.0135. The van der Waals surface area contributed by atoms with Crippen LogP contribution < -0.4 is 15.1 Å². The molecule has 2 saturated heterocycles. The van der Waals surface area contributed by atoms with Crippen molar-refractivity contribution >= 4 is 28.9 Å². The second-order valence-corrected chi connectivity index (χ2v) is 8.07. The average molecular weight is 392 g/mol. The van der Waals surface area contributed by atoms with Crippen molar-refractivity contribution in [1.29, 1.82) is 0 Å².